The molecular formula is C8H8F3NO2. The minimum absolute atomic E-state index is 0.149. The summed E-state index contributed by atoms with van der Waals surface area (Å²) in [6, 6.07) is 3.05. The van der Waals surface area contributed by atoms with Gasteiger partial charge >= 0.3 is 6.18 Å². The third kappa shape index (κ3) is 3.51. The lowest BCUT2D eigenvalue weighted by Crippen LogP contribution is -2.32. The van der Waals surface area contributed by atoms with Crippen LogP contribution in [-0.4, -0.2) is 24.0 Å². The van der Waals surface area contributed by atoms with Gasteiger partial charge in [-0.3, -0.25) is 4.79 Å². The van der Waals surface area contributed by atoms with Crippen molar-refractivity contribution in [2.45, 2.75) is 12.7 Å². The van der Waals surface area contributed by atoms with Crippen molar-refractivity contribution in [3.63, 3.8) is 0 Å². The Kier molecular flexibility index (Phi) is 3.16. The van der Waals surface area contributed by atoms with Gasteiger partial charge in [-0.15, -0.1) is 0 Å². The Morgan fingerprint density at radius 2 is 2.21 bits per heavy atom. The van der Waals surface area contributed by atoms with E-state index in [1.807, 2.05) is 0 Å². The van der Waals surface area contributed by atoms with Crippen molar-refractivity contribution in [3.05, 3.63) is 24.2 Å². The second-order valence-electron chi connectivity index (χ2n) is 2.70. The predicted octanol–water partition coefficient (Wildman–Crippen LogP) is 1.80. The fraction of sp³-hybridized carbons (Fsp3) is 0.375. The minimum atomic E-state index is -4.38. The lowest BCUT2D eigenvalue weighted by Gasteiger charge is -2.17. The first-order chi connectivity index (χ1) is 6.51. The van der Waals surface area contributed by atoms with E-state index in [0.717, 1.165) is 0 Å². The molecule has 0 bridgehead atoms. The van der Waals surface area contributed by atoms with Gasteiger partial charge in [0.05, 0.1) is 12.8 Å². The van der Waals surface area contributed by atoms with Crippen LogP contribution in [-0.2, 0) is 11.3 Å². The normalized spacial score (nSPS) is 11.4. The number of carbonyl (C=O) groups excluding carboxylic acids is 1. The number of nitrogens with zero attached hydrogens (tertiary/aromatic N) is 1. The van der Waals surface area contributed by atoms with Gasteiger partial charge in [-0.1, -0.05) is 0 Å². The van der Waals surface area contributed by atoms with Crippen LogP contribution in [0.15, 0.2) is 22.8 Å². The highest BCUT2D eigenvalue weighted by atomic mass is 19.4. The maximum Gasteiger partial charge on any atom is 0.406 e. The standard InChI is InChI=1S/C8H8F3NO2/c9-8(10,11)5-12(6-13)4-7-2-1-3-14-7/h1-3,6H,4-5H2. The topological polar surface area (TPSA) is 33.5 Å². The van der Waals surface area contributed by atoms with Crippen LogP contribution in [0.1, 0.15) is 5.76 Å². The van der Waals surface area contributed by atoms with Crippen molar-refractivity contribution >= 4 is 6.41 Å². The number of carbonyl (C=O) groups is 1. The molecule has 0 atom stereocenters. The summed E-state index contributed by atoms with van der Waals surface area (Å²) in [5, 5.41) is 0. The number of rotatable bonds is 4. The molecule has 1 heterocycles. The van der Waals surface area contributed by atoms with Gasteiger partial charge in [0.25, 0.3) is 0 Å². The third-order valence-corrected chi connectivity index (χ3v) is 1.47. The molecule has 0 aliphatic heterocycles. The van der Waals surface area contributed by atoms with Gasteiger partial charge < -0.3 is 9.32 Å². The highest BCUT2D eigenvalue weighted by Gasteiger charge is 2.30. The molecule has 0 fully saturated rings. The van der Waals surface area contributed by atoms with Gasteiger partial charge in [0.1, 0.15) is 12.3 Å². The average molecular weight is 207 g/mol. The molecule has 0 aliphatic carbocycles. The molecule has 0 saturated carbocycles. The quantitative estimate of drug-likeness (QED) is 0.705. The zero-order chi connectivity index (χ0) is 10.6. The van der Waals surface area contributed by atoms with Crippen LogP contribution >= 0.6 is 0 Å². The molecule has 0 unspecified atom stereocenters. The van der Waals surface area contributed by atoms with E-state index in [4.69, 9.17) is 4.42 Å². The highest BCUT2D eigenvalue weighted by molar-refractivity contribution is 5.47. The van der Waals surface area contributed by atoms with E-state index in [1.54, 1.807) is 6.07 Å². The molecule has 0 N–H and O–H groups in total. The summed E-state index contributed by atoms with van der Waals surface area (Å²) in [5.74, 6) is 0.321. The number of amides is 1. The largest absolute Gasteiger partial charge is 0.467 e. The molecule has 1 rings (SSSR count). The summed E-state index contributed by atoms with van der Waals surface area (Å²) in [4.78, 5) is 10.9. The Bertz CT molecular complexity index is 281. The fourth-order valence-corrected chi connectivity index (χ4v) is 0.963. The van der Waals surface area contributed by atoms with Crippen LogP contribution in [0.25, 0.3) is 0 Å². The third-order valence-electron chi connectivity index (χ3n) is 1.47. The Hall–Kier alpha value is -1.46. The van der Waals surface area contributed by atoms with Gasteiger partial charge in [0.15, 0.2) is 0 Å². The molecule has 1 amide bonds. The summed E-state index contributed by atoms with van der Waals surface area (Å²) < 4.78 is 40.5. The van der Waals surface area contributed by atoms with Crippen LogP contribution < -0.4 is 0 Å². The number of hydrogen-bond acceptors (Lipinski definition) is 2. The second-order valence-corrected chi connectivity index (χ2v) is 2.70. The molecule has 0 aliphatic rings. The molecule has 6 heteroatoms. The first-order valence-electron chi connectivity index (χ1n) is 3.80. The van der Waals surface area contributed by atoms with E-state index < -0.39 is 12.7 Å². The van der Waals surface area contributed by atoms with Crippen LogP contribution in [0.4, 0.5) is 13.2 Å². The molecule has 3 nitrogen and oxygen atoms in total. The summed E-state index contributed by atoms with van der Waals surface area (Å²) in [5.41, 5.74) is 0. The Labute approximate surface area is 78.1 Å². The van der Waals surface area contributed by atoms with E-state index in [-0.39, 0.29) is 13.0 Å². The highest BCUT2D eigenvalue weighted by Crippen LogP contribution is 2.17. The monoisotopic (exact) mass is 207 g/mol. The summed E-state index contributed by atoms with van der Waals surface area (Å²) in [7, 11) is 0. The maximum absolute atomic E-state index is 11.9. The smallest absolute Gasteiger partial charge is 0.406 e. The van der Waals surface area contributed by atoms with Gasteiger partial charge in [-0.2, -0.15) is 13.2 Å². The Morgan fingerprint density at radius 1 is 1.50 bits per heavy atom. The fourth-order valence-electron chi connectivity index (χ4n) is 0.963. The molecule has 14 heavy (non-hydrogen) atoms. The first kappa shape index (κ1) is 10.6. The minimum Gasteiger partial charge on any atom is -0.467 e. The Balaban J connectivity index is 2.52. The van der Waals surface area contributed by atoms with Crippen molar-refractivity contribution in [1.82, 2.24) is 4.90 Å². The number of alkyl halides is 3. The summed E-state index contributed by atoms with van der Waals surface area (Å²) in [6.45, 7) is -1.44. The second kappa shape index (κ2) is 4.17. The van der Waals surface area contributed by atoms with Gasteiger partial charge in [-0.05, 0) is 12.1 Å². The molecule has 0 aromatic carbocycles. The van der Waals surface area contributed by atoms with E-state index in [2.05, 4.69) is 0 Å². The van der Waals surface area contributed by atoms with Crippen LogP contribution in [0.2, 0.25) is 0 Å². The molecular weight excluding hydrogens is 199 g/mol. The number of halogens is 3. The molecule has 78 valence electrons. The van der Waals surface area contributed by atoms with Crippen molar-refractivity contribution in [1.29, 1.82) is 0 Å². The number of hydrogen-bond donors (Lipinski definition) is 0. The average Bonchev–Trinajstić information content (AvgIpc) is 2.53. The summed E-state index contributed by atoms with van der Waals surface area (Å²) >= 11 is 0. The maximum atomic E-state index is 11.9. The molecule has 0 radical (unpaired) electrons. The van der Waals surface area contributed by atoms with Gasteiger partial charge in [0, 0.05) is 0 Å². The van der Waals surface area contributed by atoms with E-state index in [0.29, 0.717) is 10.7 Å². The van der Waals surface area contributed by atoms with E-state index in [9.17, 15) is 18.0 Å². The molecule has 0 spiro atoms. The first-order valence-corrected chi connectivity index (χ1v) is 3.80. The van der Waals surface area contributed by atoms with Crippen LogP contribution in [0.5, 0.6) is 0 Å². The zero-order valence-electron chi connectivity index (χ0n) is 7.12. The molecule has 0 saturated heterocycles. The van der Waals surface area contributed by atoms with E-state index >= 15 is 0 Å². The van der Waals surface area contributed by atoms with Gasteiger partial charge in [0.2, 0.25) is 6.41 Å². The van der Waals surface area contributed by atoms with Crippen molar-refractivity contribution in [2.24, 2.45) is 0 Å². The molecule has 1 aromatic rings. The lowest BCUT2D eigenvalue weighted by atomic mass is 10.4. The SMILES string of the molecule is O=CN(Cc1ccco1)CC(F)(F)F. The predicted molar refractivity (Wildman–Crippen MR) is 41.2 cm³/mol. The van der Waals surface area contributed by atoms with Crippen molar-refractivity contribution in [3.8, 4) is 0 Å². The van der Waals surface area contributed by atoms with E-state index in [1.165, 1.54) is 12.3 Å². The number of furan rings is 1. The van der Waals surface area contributed by atoms with Crippen LogP contribution in [0, 0.1) is 0 Å². The van der Waals surface area contributed by atoms with Crippen molar-refractivity contribution < 1.29 is 22.4 Å². The summed E-state index contributed by atoms with van der Waals surface area (Å²) in [6.07, 6.45) is -2.89. The molecule has 1 aromatic heterocycles. The van der Waals surface area contributed by atoms with Crippen LogP contribution in [0.3, 0.4) is 0 Å². The lowest BCUT2D eigenvalue weighted by molar-refractivity contribution is -0.155. The van der Waals surface area contributed by atoms with Gasteiger partial charge in [-0.25, -0.2) is 0 Å². The zero-order valence-corrected chi connectivity index (χ0v) is 7.12. The van der Waals surface area contributed by atoms with Crippen molar-refractivity contribution in [2.75, 3.05) is 6.54 Å². The Morgan fingerprint density at radius 3 is 2.64 bits per heavy atom.